The molecule has 0 spiro atoms. The van der Waals surface area contributed by atoms with Crippen LogP contribution in [0.2, 0.25) is 5.02 Å². The number of carbonyl (C=O) groups is 2. The van der Waals surface area contributed by atoms with Crippen LogP contribution in [-0.2, 0) is 9.47 Å². The van der Waals surface area contributed by atoms with E-state index in [4.69, 9.17) is 21.1 Å². The molecular formula is C25H32ClNO4. The molecule has 5 nitrogen and oxygen atoms in total. The number of esters is 1. The molecule has 6 heteroatoms. The molecule has 2 aromatic carbocycles. The van der Waals surface area contributed by atoms with E-state index in [1.165, 1.54) is 0 Å². The summed E-state index contributed by atoms with van der Waals surface area (Å²) in [5.41, 5.74) is 1.98. The highest BCUT2D eigenvalue weighted by Crippen LogP contribution is 2.33. The van der Waals surface area contributed by atoms with Crippen LogP contribution in [-0.4, -0.2) is 36.7 Å². The number of nitrogens with zero attached hydrogens (tertiary/aromatic N) is 1. The molecule has 0 saturated carbocycles. The van der Waals surface area contributed by atoms with Crippen LogP contribution in [0, 0.1) is 5.92 Å². The van der Waals surface area contributed by atoms with Crippen LogP contribution >= 0.6 is 11.6 Å². The van der Waals surface area contributed by atoms with Crippen LogP contribution in [0.3, 0.4) is 0 Å². The molecule has 1 unspecified atom stereocenters. The maximum atomic E-state index is 12.9. The standard InChI is InChI=1S/C25H32ClNO4/c1-5-16-27(25(29)30-6-2)23(19-11-13-20(26)14-12-19)21-9-7-8-10-22(21)24(28)31-17-15-18(3)4/h7-14,18,23H,5-6,15-17H2,1-4H3. The Hall–Kier alpha value is -2.53. The molecule has 0 radical (unpaired) electrons. The van der Waals surface area contributed by atoms with E-state index in [0.29, 0.717) is 35.2 Å². The van der Waals surface area contributed by atoms with Gasteiger partial charge in [0.1, 0.15) is 0 Å². The van der Waals surface area contributed by atoms with Crippen molar-refractivity contribution in [3.8, 4) is 0 Å². The Morgan fingerprint density at radius 3 is 2.29 bits per heavy atom. The van der Waals surface area contributed by atoms with Crippen LogP contribution in [0.25, 0.3) is 0 Å². The minimum Gasteiger partial charge on any atom is -0.462 e. The van der Waals surface area contributed by atoms with E-state index in [9.17, 15) is 9.59 Å². The fourth-order valence-corrected chi connectivity index (χ4v) is 3.46. The van der Waals surface area contributed by atoms with E-state index in [1.54, 1.807) is 36.1 Å². The van der Waals surface area contributed by atoms with Crippen molar-refractivity contribution in [2.24, 2.45) is 5.92 Å². The number of amides is 1. The lowest BCUT2D eigenvalue weighted by Gasteiger charge is -2.32. The van der Waals surface area contributed by atoms with Crippen molar-refractivity contribution in [1.82, 2.24) is 4.90 Å². The fourth-order valence-electron chi connectivity index (χ4n) is 3.33. The second-order valence-corrected chi connectivity index (χ2v) is 8.19. The van der Waals surface area contributed by atoms with Gasteiger partial charge < -0.3 is 9.47 Å². The minimum absolute atomic E-state index is 0.269. The van der Waals surface area contributed by atoms with Gasteiger partial charge in [0.2, 0.25) is 0 Å². The first-order valence-electron chi connectivity index (χ1n) is 10.8. The van der Waals surface area contributed by atoms with Gasteiger partial charge in [-0.2, -0.15) is 0 Å². The Morgan fingerprint density at radius 2 is 1.68 bits per heavy atom. The molecule has 0 aliphatic carbocycles. The van der Waals surface area contributed by atoms with Gasteiger partial charge >= 0.3 is 12.1 Å². The molecule has 0 aliphatic heterocycles. The van der Waals surface area contributed by atoms with Gasteiger partial charge in [-0.15, -0.1) is 0 Å². The molecule has 31 heavy (non-hydrogen) atoms. The van der Waals surface area contributed by atoms with Crippen molar-refractivity contribution in [3.05, 3.63) is 70.2 Å². The summed E-state index contributed by atoms with van der Waals surface area (Å²) in [6.45, 7) is 9.04. The molecule has 1 amide bonds. The minimum atomic E-state index is -0.509. The van der Waals surface area contributed by atoms with Gasteiger partial charge in [-0.05, 0) is 55.0 Å². The lowest BCUT2D eigenvalue weighted by Crippen LogP contribution is -2.37. The lowest BCUT2D eigenvalue weighted by molar-refractivity contribution is 0.0482. The lowest BCUT2D eigenvalue weighted by atomic mass is 9.93. The number of halogens is 1. The predicted molar refractivity (Wildman–Crippen MR) is 123 cm³/mol. The van der Waals surface area contributed by atoms with Crippen molar-refractivity contribution < 1.29 is 19.1 Å². The van der Waals surface area contributed by atoms with Crippen LogP contribution in [0.1, 0.15) is 68.1 Å². The summed E-state index contributed by atoms with van der Waals surface area (Å²) < 4.78 is 10.9. The SMILES string of the molecule is CCCN(C(=O)OCC)C(c1ccc(Cl)cc1)c1ccccc1C(=O)OCCC(C)C. The van der Waals surface area contributed by atoms with Gasteiger partial charge in [0.15, 0.2) is 0 Å². The molecule has 2 rings (SSSR count). The maximum absolute atomic E-state index is 12.9. The number of hydrogen-bond acceptors (Lipinski definition) is 4. The second-order valence-electron chi connectivity index (χ2n) is 7.75. The highest BCUT2D eigenvalue weighted by molar-refractivity contribution is 6.30. The fraction of sp³-hybridized carbons (Fsp3) is 0.440. The average molecular weight is 446 g/mol. The van der Waals surface area contributed by atoms with E-state index in [0.717, 1.165) is 18.4 Å². The van der Waals surface area contributed by atoms with Crippen LogP contribution in [0.5, 0.6) is 0 Å². The summed E-state index contributed by atoms with van der Waals surface area (Å²) in [5.74, 6) is 0.0456. The highest BCUT2D eigenvalue weighted by Gasteiger charge is 2.30. The molecule has 0 fully saturated rings. The summed E-state index contributed by atoms with van der Waals surface area (Å²) in [5, 5.41) is 0.599. The number of benzene rings is 2. The van der Waals surface area contributed by atoms with Crippen LogP contribution < -0.4 is 0 Å². The molecule has 168 valence electrons. The zero-order valence-electron chi connectivity index (χ0n) is 18.8. The van der Waals surface area contributed by atoms with Crippen molar-refractivity contribution in [3.63, 3.8) is 0 Å². The molecule has 1 atom stereocenters. The molecule has 0 heterocycles. The molecule has 0 aromatic heterocycles. The average Bonchev–Trinajstić information content (AvgIpc) is 2.74. The highest BCUT2D eigenvalue weighted by atomic mass is 35.5. The summed E-state index contributed by atoms with van der Waals surface area (Å²) in [6.07, 6.45) is 1.11. The quantitative estimate of drug-likeness (QED) is 0.391. The van der Waals surface area contributed by atoms with Crippen molar-refractivity contribution in [2.75, 3.05) is 19.8 Å². The largest absolute Gasteiger partial charge is 0.462 e. The van der Waals surface area contributed by atoms with Gasteiger partial charge in [-0.25, -0.2) is 9.59 Å². The number of hydrogen-bond donors (Lipinski definition) is 0. The van der Waals surface area contributed by atoms with Gasteiger partial charge in [-0.1, -0.05) is 62.7 Å². The summed E-state index contributed by atoms with van der Waals surface area (Å²) in [6, 6.07) is 14.1. The van der Waals surface area contributed by atoms with Crippen molar-refractivity contribution in [1.29, 1.82) is 0 Å². The molecule has 2 aromatic rings. The van der Waals surface area contributed by atoms with Crippen molar-refractivity contribution >= 4 is 23.7 Å². The first-order valence-corrected chi connectivity index (χ1v) is 11.2. The third-order valence-electron chi connectivity index (χ3n) is 4.87. The summed E-state index contributed by atoms with van der Waals surface area (Å²) >= 11 is 6.10. The van der Waals surface area contributed by atoms with Gasteiger partial charge in [0.25, 0.3) is 0 Å². The normalized spacial score (nSPS) is 11.8. The van der Waals surface area contributed by atoms with E-state index in [-0.39, 0.29) is 6.61 Å². The topological polar surface area (TPSA) is 55.8 Å². The summed E-state index contributed by atoms with van der Waals surface area (Å²) in [7, 11) is 0. The predicted octanol–water partition coefficient (Wildman–Crippen LogP) is 6.50. The van der Waals surface area contributed by atoms with E-state index >= 15 is 0 Å². The second kappa shape index (κ2) is 12.4. The Balaban J connectivity index is 2.52. The zero-order chi connectivity index (χ0) is 22.8. The number of ether oxygens (including phenoxy) is 2. The molecule has 0 aliphatic rings. The Labute approximate surface area is 190 Å². The van der Waals surface area contributed by atoms with Crippen molar-refractivity contribution in [2.45, 2.75) is 46.6 Å². The first kappa shape index (κ1) is 24.7. The molecule has 0 saturated heterocycles. The number of carbonyl (C=O) groups excluding carboxylic acids is 2. The van der Waals surface area contributed by atoms with Gasteiger partial charge in [0.05, 0.1) is 24.8 Å². The van der Waals surface area contributed by atoms with Crippen LogP contribution in [0.4, 0.5) is 4.79 Å². The number of rotatable bonds is 10. The monoisotopic (exact) mass is 445 g/mol. The molecule has 0 bridgehead atoms. The van der Waals surface area contributed by atoms with Gasteiger partial charge in [-0.3, -0.25) is 4.90 Å². The van der Waals surface area contributed by atoms with E-state index in [1.807, 2.05) is 31.2 Å². The Bertz CT molecular complexity index is 851. The maximum Gasteiger partial charge on any atom is 0.410 e. The zero-order valence-corrected chi connectivity index (χ0v) is 19.5. The third-order valence-corrected chi connectivity index (χ3v) is 5.12. The van der Waals surface area contributed by atoms with E-state index in [2.05, 4.69) is 13.8 Å². The van der Waals surface area contributed by atoms with Crippen LogP contribution in [0.15, 0.2) is 48.5 Å². The molecule has 0 N–H and O–H groups in total. The van der Waals surface area contributed by atoms with E-state index < -0.39 is 18.1 Å². The Kier molecular flexibility index (Phi) is 9.86. The summed E-state index contributed by atoms with van der Waals surface area (Å²) in [4.78, 5) is 27.5. The first-order chi connectivity index (χ1) is 14.9. The smallest absolute Gasteiger partial charge is 0.410 e. The van der Waals surface area contributed by atoms with Gasteiger partial charge in [0, 0.05) is 11.6 Å². The third kappa shape index (κ3) is 7.00. The Morgan fingerprint density at radius 1 is 1.00 bits per heavy atom. The molecular weight excluding hydrogens is 414 g/mol.